The number of halogens is 6. The molecule has 1 amide bonds. The van der Waals surface area contributed by atoms with Gasteiger partial charge in [-0.2, -0.15) is 31.4 Å². The van der Waals surface area contributed by atoms with Gasteiger partial charge >= 0.3 is 12.4 Å². The van der Waals surface area contributed by atoms with E-state index in [9.17, 15) is 35.9 Å². The fourth-order valence-corrected chi connectivity index (χ4v) is 6.16. The van der Waals surface area contributed by atoms with Crippen molar-refractivity contribution in [2.75, 3.05) is 32.2 Å². The number of ether oxygens (including phenoxy) is 2. The minimum Gasteiger partial charge on any atom is -0.497 e. The summed E-state index contributed by atoms with van der Waals surface area (Å²) in [7, 11) is 1.48. The summed E-state index contributed by atoms with van der Waals surface area (Å²) >= 11 is 0. The van der Waals surface area contributed by atoms with Crippen molar-refractivity contribution in [1.82, 2.24) is 24.2 Å². The molecule has 0 saturated heterocycles. The standard InChI is InChI=1S/C33H34F6N6O4/c1-19(42-25-15-41-45(31(47)29(25)33(37,38)39)16-20-3-7-23(48-2)8-4-20)18-49-12-9-27(46)43-10-11-44-26(17-43)28(21-5-6-21)24-13-22(32(34,35)36)14-40-30(24)44/h3-4,7-8,13-15,19,21,42H,5-6,9-12,16-18H2,1-2H3/t19-/m0/s1. The molecule has 1 fully saturated rings. The number of carbonyl (C=O) groups excluding carboxylic acids is 1. The molecule has 0 unspecified atom stereocenters. The number of hydrogen-bond donors (Lipinski definition) is 1. The molecule has 1 saturated carbocycles. The highest BCUT2D eigenvalue weighted by Gasteiger charge is 2.39. The van der Waals surface area contributed by atoms with Crippen LogP contribution in [0.5, 0.6) is 5.75 Å². The molecule has 0 bridgehead atoms. The van der Waals surface area contributed by atoms with Gasteiger partial charge in [0, 0.05) is 36.4 Å². The summed E-state index contributed by atoms with van der Waals surface area (Å²) in [6.45, 7) is 2.30. The Hall–Kier alpha value is -4.60. The summed E-state index contributed by atoms with van der Waals surface area (Å²) in [5.41, 5.74) is -1.30. The fourth-order valence-electron chi connectivity index (χ4n) is 6.16. The number of alkyl halides is 6. The van der Waals surface area contributed by atoms with Gasteiger partial charge in [0.05, 0.1) is 57.3 Å². The number of carbonyl (C=O) groups is 1. The third-order valence-electron chi connectivity index (χ3n) is 8.70. The van der Waals surface area contributed by atoms with Crippen molar-refractivity contribution in [1.29, 1.82) is 0 Å². The second kappa shape index (κ2) is 13.4. The van der Waals surface area contributed by atoms with Crippen LogP contribution < -0.4 is 15.6 Å². The van der Waals surface area contributed by atoms with E-state index < -0.39 is 40.8 Å². The molecule has 1 atom stereocenters. The van der Waals surface area contributed by atoms with Gasteiger partial charge in [-0.3, -0.25) is 9.59 Å². The van der Waals surface area contributed by atoms with Crippen LogP contribution in [-0.2, 0) is 41.5 Å². The van der Waals surface area contributed by atoms with Gasteiger partial charge in [-0.05, 0) is 55.0 Å². The molecule has 1 aliphatic carbocycles. The predicted octanol–water partition coefficient (Wildman–Crippen LogP) is 5.81. The first kappa shape index (κ1) is 34.3. The number of fused-ring (bicyclic) bond motifs is 3. The summed E-state index contributed by atoms with van der Waals surface area (Å²) in [5, 5.41) is 7.08. The van der Waals surface area contributed by atoms with Crippen LogP contribution in [0.2, 0.25) is 0 Å². The van der Waals surface area contributed by atoms with Gasteiger partial charge < -0.3 is 24.3 Å². The number of hydrogen-bond acceptors (Lipinski definition) is 7. The maximum Gasteiger partial charge on any atom is 0.423 e. The first-order chi connectivity index (χ1) is 23.2. The van der Waals surface area contributed by atoms with E-state index in [1.807, 2.05) is 4.57 Å². The SMILES string of the molecule is COc1ccc(Cn2ncc(N[C@@H](C)COCCC(=O)N3CCn4c(c(C5CC5)c5cc(C(F)(F)F)cnc54)C3)c(C(F)(F)F)c2=O)cc1. The van der Waals surface area contributed by atoms with E-state index in [2.05, 4.69) is 15.4 Å². The molecule has 0 radical (unpaired) electrons. The molecular formula is C33H34F6N6O4. The number of nitrogens with zero attached hydrogens (tertiary/aromatic N) is 5. The number of anilines is 1. The number of aromatic nitrogens is 4. The Bertz CT molecular complexity index is 1900. The van der Waals surface area contributed by atoms with Gasteiger partial charge in [-0.25, -0.2) is 9.67 Å². The average Bonchev–Trinajstić information content (AvgIpc) is 3.84. The van der Waals surface area contributed by atoms with E-state index in [1.165, 1.54) is 7.11 Å². The lowest BCUT2D eigenvalue weighted by Crippen LogP contribution is -2.39. The van der Waals surface area contributed by atoms with Crippen molar-refractivity contribution >= 4 is 22.6 Å². The lowest BCUT2D eigenvalue weighted by atomic mass is 10.0. The Morgan fingerprint density at radius 3 is 2.45 bits per heavy atom. The maximum atomic E-state index is 14.0. The Morgan fingerprint density at radius 1 is 1.06 bits per heavy atom. The van der Waals surface area contributed by atoms with Crippen LogP contribution in [0.25, 0.3) is 11.0 Å². The number of nitrogens with one attached hydrogen (secondary N) is 1. The zero-order valence-corrected chi connectivity index (χ0v) is 26.7. The zero-order valence-electron chi connectivity index (χ0n) is 26.7. The molecule has 16 heteroatoms. The largest absolute Gasteiger partial charge is 0.497 e. The smallest absolute Gasteiger partial charge is 0.423 e. The molecule has 6 rings (SSSR count). The van der Waals surface area contributed by atoms with Crippen LogP contribution in [0.3, 0.4) is 0 Å². The third-order valence-corrected chi connectivity index (χ3v) is 8.70. The average molecular weight is 693 g/mol. The van der Waals surface area contributed by atoms with Gasteiger partial charge in [-0.15, -0.1) is 0 Å². The highest BCUT2D eigenvalue weighted by Crippen LogP contribution is 2.47. The van der Waals surface area contributed by atoms with Crippen molar-refractivity contribution in [2.45, 2.75) is 70.1 Å². The first-order valence-electron chi connectivity index (χ1n) is 15.7. The van der Waals surface area contributed by atoms with E-state index in [-0.39, 0.29) is 44.5 Å². The number of amides is 1. The summed E-state index contributed by atoms with van der Waals surface area (Å²) in [4.78, 5) is 31.8. The molecule has 1 aliphatic heterocycles. The molecule has 1 N–H and O–H groups in total. The predicted molar refractivity (Wildman–Crippen MR) is 166 cm³/mol. The molecule has 1 aromatic carbocycles. The van der Waals surface area contributed by atoms with Crippen molar-refractivity contribution in [2.24, 2.45) is 0 Å². The van der Waals surface area contributed by atoms with Crippen LogP contribution in [0.15, 0.2) is 47.5 Å². The topological polar surface area (TPSA) is 104 Å². The minimum absolute atomic E-state index is 0.00105. The number of methoxy groups -OCH3 is 1. The van der Waals surface area contributed by atoms with Gasteiger partial charge in [0.1, 0.15) is 17.0 Å². The van der Waals surface area contributed by atoms with E-state index in [0.29, 0.717) is 35.4 Å². The first-order valence-corrected chi connectivity index (χ1v) is 15.7. The maximum absolute atomic E-state index is 14.0. The Labute approximate surface area is 276 Å². The Balaban J connectivity index is 1.05. The summed E-state index contributed by atoms with van der Waals surface area (Å²) < 4.78 is 95.7. The molecule has 49 heavy (non-hydrogen) atoms. The van der Waals surface area contributed by atoms with Gasteiger partial charge in [0.25, 0.3) is 5.56 Å². The quantitative estimate of drug-likeness (QED) is 0.156. The van der Waals surface area contributed by atoms with Crippen LogP contribution in [0, 0.1) is 0 Å². The number of rotatable bonds is 11. The second-order valence-electron chi connectivity index (χ2n) is 12.3. The highest BCUT2D eigenvalue weighted by atomic mass is 19.4. The van der Waals surface area contributed by atoms with Gasteiger partial charge in [0.15, 0.2) is 0 Å². The van der Waals surface area contributed by atoms with E-state index in [4.69, 9.17) is 9.47 Å². The number of pyridine rings is 1. The minimum atomic E-state index is -4.95. The molecule has 4 aromatic rings. The van der Waals surface area contributed by atoms with Crippen molar-refractivity contribution in [3.8, 4) is 5.75 Å². The van der Waals surface area contributed by atoms with Crippen LogP contribution in [0.1, 0.15) is 60.1 Å². The lowest BCUT2D eigenvalue weighted by molar-refractivity contribution is -0.139. The lowest BCUT2D eigenvalue weighted by Gasteiger charge is -2.29. The number of benzene rings is 1. The van der Waals surface area contributed by atoms with Crippen molar-refractivity contribution in [3.05, 3.63) is 81.0 Å². The van der Waals surface area contributed by atoms with Crippen LogP contribution >= 0.6 is 0 Å². The highest BCUT2D eigenvalue weighted by molar-refractivity contribution is 5.85. The summed E-state index contributed by atoms with van der Waals surface area (Å²) in [5.74, 6) is 0.474. The van der Waals surface area contributed by atoms with Crippen molar-refractivity contribution < 1.29 is 40.6 Å². The van der Waals surface area contributed by atoms with Crippen LogP contribution in [-0.4, -0.2) is 63.0 Å². The van der Waals surface area contributed by atoms with Crippen molar-refractivity contribution in [3.63, 3.8) is 0 Å². The molecule has 10 nitrogen and oxygen atoms in total. The third kappa shape index (κ3) is 7.38. The summed E-state index contributed by atoms with van der Waals surface area (Å²) in [6.07, 6.45) is -5.95. The Kier molecular flexibility index (Phi) is 9.35. The molecule has 4 heterocycles. The fraction of sp³-hybridized carbons (Fsp3) is 0.455. The van der Waals surface area contributed by atoms with E-state index in [0.717, 1.165) is 47.2 Å². The van der Waals surface area contributed by atoms with E-state index in [1.54, 1.807) is 36.1 Å². The second-order valence-corrected chi connectivity index (χ2v) is 12.3. The molecule has 2 aliphatic rings. The molecule has 262 valence electrons. The monoisotopic (exact) mass is 692 g/mol. The summed E-state index contributed by atoms with van der Waals surface area (Å²) in [6, 6.07) is 6.99. The van der Waals surface area contributed by atoms with Crippen LogP contribution in [0.4, 0.5) is 32.0 Å². The molecule has 0 spiro atoms. The molecule has 3 aromatic heterocycles. The van der Waals surface area contributed by atoms with Gasteiger partial charge in [-0.1, -0.05) is 12.1 Å². The zero-order chi connectivity index (χ0) is 35.1. The van der Waals surface area contributed by atoms with E-state index >= 15 is 0 Å². The molecular weight excluding hydrogens is 658 g/mol. The van der Waals surface area contributed by atoms with Gasteiger partial charge in [0.2, 0.25) is 5.91 Å². The Morgan fingerprint density at radius 2 is 1.80 bits per heavy atom. The normalized spacial score (nSPS) is 15.7.